The molecular weight excluding hydrogens is 294 g/mol. The van der Waals surface area contributed by atoms with Crippen LogP contribution in [0.25, 0.3) is 0 Å². The number of ether oxygens (including phenoxy) is 3. The van der Waals surface area contributed by atoms with Gasteiger partial charge >= 0.3 is 0 Å². The first-order valence-corrected chi connectivity index (χ1v) is 6.75. The van der Waals surface area contributed by atoms with Crippen LogP contribution in [-0.2, 0) is 0 Å². The number of nitrogens with one attached hydrogen (secondary N) is 1. The molecule has 1 unspecified atom stereocenters. The van der Waals surface area contributed by atoms with Crippen molar-refractivity contribution in [2.45, 2.75) is 6.04 Å². The van der Waals surface area contributed by atoms with Gasteiger partial charge in [0, 0.05) is 5.56 Å². The number of halogens is 1. The molecule has 0 aliphatic carbocycles. The number of rotatable bonds is 6. The zero-order valence-corrected chi connectivity index (χ0v) is 13.2. The fraction of sp³-hybridized carbons (Fsp3) is 0.333. The van der Waals surface area contributed by atoms with E-state index in [-0.39, 0.29) is 6.04 Å². The summed E-state index contributed by atoms with van der Waals surface area (Å²) in [5, 5.41) is 3.52. The summed E-state index contributed by atoms with van der Waals surface area (Å²) in [6.07, 6.45) is 0. The lowest BCUT2D eigenvalue weighted by Gasteiger charge is -2.20. The Morgan fingerprint density at radius 1 is 1.00 bits per heavy atom. The molecule has 1 aromatic heterocycles. The quantitative estimate of drug-likeness (QED) is 0.887. The minimum atomic E-state index is -0.216. The summed E-state index contributed by atoms with van der Waals surface area (Å²) >= 11 is 5.86. The van der Waals surface area contributed by atoms with Crippen LogP contribution in [0.3, 0.4) is 0 Å². The monoisotopic (exact) mass is 311 g/mol. The first kappa shape index (κ1) is 15.5. The standard InChI is InChI=1S/C15H18ClNO4/c1-17-13(10-7-8-12(16)21-10)9-5-6-11(18-2)15(20-4)14(9)19-3/h5-8,13,17H,1-4H3. The van der Waals surface area contributed by atoms with Gasteiger partial charge in [0.15, 0.2) is 16.7 Å². The summed E-state index contributed by atoms with van der Waals surface area (Å²) in [4.78, 5) is 0. The van der Waals surface area contributed by atoms with Crippen molar-refractivity contribution >= 4 is 11.6 Å². The van der Waals surface area contributed by atoms with E-state index in [0.717, 1.165) is 5.56 Å². The average molecular weight is 312 g/mol. The number of benzene rings is 1. The van der Waals surface area contributed by atoms with Gasteiger partial charge in [0.2, 0.25) is 5.75 Å². The smallest absolute Gasteiger partial charge is 0.203 e. The third kappa shape index (κ3) is 2.94. The molecule has 1 heterocycles. The van der Waals surface area contributed by atoms with Gasteiger partial charge in [-0.25, -0.2) is 0 Å². The second kappa shape index (κ2) is 6.74. The van der Waals surface area contributed by atoms with Gasteiger partial charge in [0.1, 0.15) is 5.76 Å². The summed E-state index contributed by atoms with van der Waals surface area (Å²) in [5.74, 6) is 2.41. The molecule has 0 radical (unpaired) electrons. The van der Waals surface area contributed by atoms with E-state index in [2.05, 4.69) is 5.32 Å². The fourth-order valence-electron chi connectivity index (χ4n) is 2.29. The molecule has 1 atom stereocenters. The molecule has 0 saturated carbocycles. The maximum atomic E-state index is 5.86. The lowest BCUT2D eigenvalue weighted by atomic mass is 10.0. The van der Waals surface area contributed by atoms with Crippen LogP contribution in [0.4, 0.5) is 0 Å². The lowest BCUT2D eigenvalue weighted by molar-refractivity contribution is 0.319. The molecule has 0 fully saturated rings. The zero-order valence-electron chi connectivity index (χ0n) is 12.4. The Morgan fingerprint density at radius 3 is 2.19 bits per heavy atom. The maximum absolute atomic E-state index is 5.86. The minimum Gasteiger partial charge on any atom is -0.493 e. The Hall–Kier alpha value is -1.85. The molecule has 2 aromatic rings. The predicted octanol–water partition coefficient (Wildman–Crippen LogP) is 3.27. The average Bonchev–Trinajstić information content (AvgIpc) is 2.93. The Kier molecular flexibility index (Phi) is 4.98. The van der Waals surface area contributed by atoms with E-state index in [0.29, 0.717) is 28.2 Å². The summed E-state index contributed by atoms with van der Waals surface area (Å²) in [6, 6.07) is 7.03. The third-order valence-corrected chi connectivity index (χ3v) is 3.42. The number of methoxy groups -OCH3 is 3. The highest BCUT2D eigenvalue weighted by Gasteiger charge is 2.24. The highest BCUT2D eigenvalue weighted by molar-refractivity contribution is 6.28. The highest BCUT2D eigenvalue weighted by atomic mass is 35.5. The summed E-state index contributed by atoms with van der Waals surface area (Å²) in [7, 11) is 6.57. The van der Waals surface area contributed by atoms with Crippen molar-refractivity contribution in [3.63, 3.8) is 0 Å². The SMILES string of the molecule is CNC(c1ccc(Cl)o1)c1ccc(OC)c(OC)c1OC. The molecule has 6 heteroatoms. The highest BCUT2D eigenvalue weighted by Crippen LogP contribution is 2.43. The number of furan rings is 1. The third-order valence-electron chi connectivity index (χ3n) is 3.21. The van der Waals surface area contributed by atoms with Crippen molar-refractivity contribution in [2.24, 2.45) is 0 Å². The van der Waals surface area contributed by atoms with Crippen molar-refractivity contribution in [1.82, 2.24) is 5.32 Å². The molecule has 0 aliphatic heterocycles. The second-order valence-electron chi connectivity index (χ2n) is 4.29. The fourth-order valence-corrected chi connectivity index (χ4v) is 2.44. The van der Waals surface area contributed by atoms with Crippen molar-refractivity contribution in [1.29, 1.82) is 0 Å². The molecule has 21 heavy (non-hydrogen) atoms. The zero-order chi connectivity index (χ0) is 15.4. The van der Waals surface area contributed by atoms with Crippen LogP contribution >= 0.6 is 11.6 Å². The molecular formula is C15H18ClNO4. The van der Waals surface area contributed by atoms with Gasteiger partial charge in [-0.3, -0.25) is 0 Å². The van der Waals surface area contributed by atoms with Crippen LogP contribution in [0.2, 0.25) is 5.22 Å². The van der Waals surface area contributed by atoms with Crippen molar-refractivity contribution in [3.8, 4) is 17.2 Å². The van der Waals surface area contributed by atoms with Gasteiger partial charge in [-0.05, 0) is 42.9 Å². The van der Waals surface area contributed by atoms with Gasteiger partial charge < -0.3 is 23.9 Å². The van der Waals surface area contributed by atoms with E-state index < -0.39 is 0 Å². The normalized spacial score (nSPS) is 12.0. The van der Waals surface area contributed by atoms with Crippen LogP contribution in [-0.4, -0.2) is 28.4 Å². The van der Waals surface area contributed by atoms with E-state index in [9.17, 15) is 0 Å². The van der Waals surface area contributed by atoms with Gasteiger partial charge in [-0.1, -0.05) is 0 Å². The van der Waals surface area contributed by atoms with Crippen LogP contribution < -0.4 is 19.5 Å². The first-order chi connectivity index (χ1) is 10.2. The predicted molar refractivity (Wildman–Crippen MR) is 80.7 cm³/mol. The van der Waals surface area contributed by atoms with E-state index in [1.54, 1.807) is 27.4 Å². The molecule has 0 amide bonds. The Bertz CT molecular complexity index is 612. The van der Waals surface area contributed by atoms with Crippen LogP contribution in [0, 0.1) is 0 Å². The molecule has 0 bridgehead atoms. The molecule has 0 aliphatic rings. The summed E-state index contributed by atoms with van der Waals surface area (Å²) < 4.78 is 21.7. The minimum absolute atomic E-state index is 0.216. The van der Waals surface area contributed by atoms with Crippen molar-refractivity contribution in [2.75, 3.05) is 28.4 Å². The van der Waals surface area contributed by atoms with E-state index in [1.807, 2.05) is 25.2 Å². The lowest BCUT2D eigenvalue weighted by Crippen LogP contribution is -2.18. The number of hydrogen-bond donors (Lipinski definition) is 1. The number of hydrogen-bond acceptors (Lipinski definition) is 5. The topological polar surface area (TPSA) is 52.9 Å². The van der Waals surface area contributed by atoms with Crippen LogP contribution in [0.15, 0.2) is 28.7 Å². The van der Waals surface area contributed by atoms with Gasteiger partial charge in [0.25, 0.3) is 0 Å². The molecule has 1 N–H and O–H groups in total. The molecule has 114 valence electrons. The maximum Gasteiger partial charge on any atom is 0.203 e. The first-order valence-electron chi connectivity index (χ1n) is 6.37. The second-order valence-corrected chi connectivity index (χ2v) is 4.66. The van der Waals surface area contributed by atoms with Crippen LogP contribution in [0.5, 0.6) is 17.2 Å². The Morgan fingerprint density at radius 2 is 1.71 bits per heavy atom. The van der Waals surface area contributed by atoms with Gasteiger partial charge in [0.05, 0.1) is 27.4 Å². The molecule has 2 rings (SSSR count). The largest absolute Gasteiger partial charge is 0.493 e. The Balaban J connectivity index is 2.55. The van der Waals surface area contributed by atoms with E-state index in [4.69, 9.17) is 30.2 Å². The molecule has 0 spiro atoms. The van der Waals surface area contributed by atoms with Crippen molar-refractivity contribution in [3.05, 3.63) is 40.8 Å². The molecule has 5 nitrogen and oxygen atoms in total. The van der Waals surface area contributed by atoms with E-state index >= 15 is 0 Å². The van der Waals surface area contributed by atoms with Gasteiger partial charge in [-0.2, -0.15) is 0 Å². The van der Waals surface area contributed by atoms with Crippen LogP contribution in [0.1, 0.15) is 17.4 Å². The molecule has 1 aromatic carbocycles. The Labute approximate surface area is 128 Å². The van der Waals surface area contributed by atoms with E-state index in [1.165, 1.54) is 0 Å². The van der Waals surface area contributed by atoms with Crippen molar-refractivity contribution < 1.29 is 18.6 Å². The summed E-state index contributed by atoms with van der Waals surface area (Å²) in [5.41, 5.74) is 0.865. The van der Waals surface area contributed by atoms with Gasteiger partial charge in [-0.15, -0.1) is 0 Å². The molecule has 0 saturated heterocycles. The summed E-state index contributed by atoms with van der Waals surface area (Å²) in [6.45, 7) is 0.